The minimum absolute atomic E-state index is 0.210. The lowest BCUT2D eigenvalue weighted by Crippen LogP contribution is -2.49. The Morgan fingerprint density at radius 3 is 2.56 bits per heavy atom. The van der Waals surface area contributed by atoms with Crippen LogP contribution in [0.1, 0.15) is 22.7 Å². The van der Waals surface area contributed by atoms with Gasteiger partial charge in [0.25, 0.3) is 0 Å². The smallest absolute Gasteiger partial charge is 0.0623 e. The third-order valence-corrected chi connectivity index (χ3v) is 4.66. The van der Waals surface area contributed by atoms with Crippen molar-refractivity contribution in [1.29, 1.82) is 0 Å². The molecule has 2 rings (SSSR count). The summed E-state index contributed by atoms with van der Waals surface area (Å²) in [6.45, 7) is 5.42. The lowest BCUT2D eigenvalue weighted by Gasteiger charge is -2.37. The third kappa shape index (κ3) is 3.06. The van der Waals surface area contributed by atoms with Crippen LogP contribution in [0, 0.1) is 13.8 Å². The van der Waals surface area contributed by atoms with Crippen molar-refractivity contribution in [1.82, 2.24) is 10.3 Å². The molecule has 0 aliphatic carbocycles. The van der Waals surface area contributed by atoms with Crippen molar-refractivity contribution in [2.24, 2.45) is 5.84 Å². The highest BCUT2D eigenvalue weighted by Gasteiger charge is 2.28. The molecule has 1 aliphatic rings. The highest BCUT2D eigenvalue weighted by Crippen LogP contribution is 2.27. The van der Waals surface area contributed by atoms with E-state index < -0.39 is 0 Å². The first-order chi connectivity index (χ1) is 8.61. The molecule has 1 aliphatic heterocycles. The van der Waals surface area contributed by atoms with Gasteiger partial charge in [0, 0.05) is 24.1 Å². The molecular weight excluding hydrogens is 242 g/mol. The molecule has 0 spiro atoms. The number of nitrogens with one attached hydrogen (secondary N) is 1. The van der Waals surface area contributed by atoms with Crippen molar-refractivity contribution in [3.8, 4) is 0 Å². The molecule has 0 bridgehead atoms. The van der Waals surface area contributed by atoms with Crippen LogP contribution in [0.3, 0.4) is 0 Å². The van der Waals surface area contributed by atoms with E-state index in [4.69, 9.17) is 5.84 Å². The monoisotopic (exact) mass is 265 g/mol. The molecule has 3 N–H and O–H groups in total. The third-order valence-electron chi connectivity index (χ3n) is 3.61. The predicted molar refractivity (Wildman–Crippen MR) is 79.7 cm³/mol. The normalized spacial score (nSPS) is 23.0. The Kier molecular flexibility index (Phi) is 4.67. The predicted octanol–water partition coefficient (Wildman–Crippen LogP) is 1.86. The van der Waals surface area contributed by atoms with Gasteiger partial charge in [-0.3, -0.25) is 16.2 Å². The molecule has 100 valence electrons. The maximum Gasteiger partial charge on any atom is 0.0623 e. The molecule has 1 saturated heterocycles. The quantitative estimate of drug-likeness (QED) is 0.646. The number of hydrogen-bond donors (Lipinski definition) is 2. The minimum Gasteiger partial charge on any atom is -0.300 e. The maximum absolute atomic E-state index is 5.81. The van der Waals surface area contributed by atoms with E-state index in [9.17, 15) is 0 Å². The standard InChI is InChI=1S/C14H23N3S/c1-10-6-11(2)8-12(7-10)14(16-15)13-9-18-5-4-17(13)3/h6-8,13-14,16H,4-5,9,15H2,1-3H3. The second kappa shape index (κ2) is 6.06. The first kappa shape index (κ1) is 13.9. The summed E-state index contributed by atoms with van der Waals surface area (Å²) < 4.78 is 0. The van der Waals surface area contributed by atoms with Gasteiger partial charge < -0.3 is 0 Å². The zero-order chi connectivity index (χ0) is 13.1. The number of likely N-dealkylation sites (N-methyl/N-ethyl adjacent to an activating group) is 1. The molecule has 0 radical (unpaired) electrons. The Morgan fingerprint density at radius 2 is 2.00 bits per heavy atom. The van der Waals surface area contributed by atoms with Crippen molar-refractivity contribution < 1.29 is 0 Å². The summed E-state index contributed by atoms with van der Waals surface area (Å²) in [7, 11) is 2.19. The first-order valence-electron chi connectivity index (χ1n) is 6.44. The fraction of sp³-hybridized carbons (Fsp3) is 0.571. The topological polar surface area (TPSA) is 41.3 Å². The number of hydrogen-bond acceptors (Lipinski definition) is 4. The van der Waals surface area contributed by atoms with Crippen LogP contribution in [0.5, 0.6) is 0 Å². The van der Waals surface area contributed by atoms with Crippen LogP contribution in [-0.4, -0.2) is 36.0 Å². The first-order valence-corrected chi connectivity index (χ1v) is 7.59. The fourth-order valence-electron chi connectivity index (χ4n) is 2.68. The van der Waals surface area contributed by atoms with Gasteiger partial charge in [0.2, 0.25) is 0 Å². The van der Waals surface area contributed by atoms with Crippen molar-refractivity contribution in [2.45, 2.75) is 25.9 Å². The molecule has 4 heteroatoms. The Morgan fingerprint density at radius 1 is 1.33 bits per heavy atom. The van der Waals surface area contributed by atoms with Crippen LogP contribution < -0.4 is 11.3 Å². The van der Waals surface area contributed by atoms with E-state index in [0.29, 0.717) is 6.04 Å². The molecule has 1 heterocycles. The molecule has 2 atom stereocenters. The Balaban J connectivity index is 2.26. The van der Waals surface area contributed by atoms with Gasteiger partial charge in [-0.1, -0.05) is 29.3 Å². The molecule has 18 heavy (non-hydrogen) atoms. The minimum atomic E-state index is 0.210. The van der Waals surface area contributed by atoms with Crippen molar-refractivity contribution in [3.05, 3.63) is 34.9 Å². The summed E-state index contributed by atoms with van der Waals surface area (Å²) >= 11 is 2.02. The number of nitrogens with zero attached hydrogens (tertiary/aromatic N) is 1. The van der Waals surface area contributed by atoms with Crippen LogP contribution in [-0.2, 0) is 0 Å². The molecule has 1 aromatic carbocycles. The van der Waals surface area contributed by atoms with Gasteiger partial charge in [-0.15, -0.1) is 0 Å². The Hall–Kier alpha value is -0.550. The van der Waals surface area contributed by atoms with Gasteiger partial charge in [-0.25, -0.2) is 0 Å². The van der Waals surface area contributed by atoms with Crippen LogP contribution in [0.2, 0.25) is 0 Å². The van der Waals surface area contributed by atoms with E-state index in [-0.39, 0.29) is 6.04 Å². The highest BCUT2D eigenvalue weighted by molar-refractivity contribution is 7.99. The van der Waals surface area contributed by atoms with Gasteiger partial charge in [0.1, 0.15) is 0 Å². The van der Waals surface area contributed by atoms with Gasteiger partial charge in [0.05, 0.1) is 6.04 Å². The van der Waals surface area contributed by atoms with Crippen LogP contribution in [0.15, 0.2) is 18.2 Å². The van der Waals surface area contributed by atoms with E-state index in [1.54, 1.807) is 0 Å². The molecule has 2 unspecified atom stereocenters. The summed E-state index contributed by atoms with van der Waals surface area (Å²) in [6, 6.07) is 7.36. The second-order valence-corrected chi connectivity index (χ2v) is 6.34. The molecule has 0 saturated carbocycles. The van der Waals surface area contributed by atoms with Crippen LogP contribution >= 0.6 is 11.8 Å². The SMILES string of the molecule is Cc1cc(C)cc(C(NN)C2CSCCN2C)c1. The van der Waals surface area contributed by atoms with E-state index in [0.717, 1.165) is 12.3 Å². The lowest BCUT2D eigenvalue weighted by atomic mass is 9.96. The zero-order valence-corrected chi connectivity index (χ0v) is 12.3. The number of aryl methyl sites for hydroxylation is 2. The van der Waals surface area contributed by atoms with Gasteiger partial charge >= 0.3 is 0 Å². The van der Waals surface area contributed by atoms with Gasteiger partial charge in [-0.2, -0.15) is 11.8 Å². The molecule has 1 aromatic rings. The van der Waals surface area contributed by atoms with Crippen molar-refractivity contribution in [2.75, 3.05) is 25.1 Å². The molecular formula is C14H23N3S. The van der Waals surface area contributed by atoms with Crippen LogP contribution in [0.4, 0.5) is 0 Å². The van der Waals surface area contributed by atoms with Gasteiger partial charge in [0.15, 0.2) is 0 Å². The number of benzene rings is 1. The van der Waals surface area contributed by atoms with Crippen molar-refractivity contribution in [3.63, 3.8) is 0 Å². The van der Waals surface area contributed by atoms with E-state index in [2.05, 4.69) is 49.4 Å². The number of nitrogens with two attached hydrogens (primary N) is 1. The summed E-state index contributed by atoms with van der Waals surface area (Å²) in [4.78, 5) is 2.42. The summed E-state index contributed by atoms with van der Waals surface area (Å²) in [6.07, 6.45) is 0. The van der Waals surface area contributed by atoms with E-state index in [1.165, 1.54) is 22.4 Å². The van der Waals surface area contributed by atoms with Crippen molar-refractivity contribution >= 4 is 11.8 Å². The van der Waals surface area contributed by atoms with Gasteiger partial charge in [-0.05, 0) is 26.5 Å². The maximum atomic E-state index is 5.81. The van der Waals surface area contributed by atoms with E-state index >= 15 is 0 Å². The molecule has 3 nitrogen and oxygen atoms in total. The molecule has 0 amide bonds. The largest absolute Gasteiger partial charge is 0.300 e. The highest BCUT2D eigenvalue weighted by atomic mass is 32.2. The number of rotatable bonds is 3. The number of thioether (sulfide) groups is 1. The summed E-state index contributed by atoms with van der Waals surface area (Å²) in [5.74, 6) is 8.17. The van der Waals surface area contributed by atoms with Crippen LogP contribution in [0.25, 0.3) is 0 Å². The second-order valence-electron chi connectivity index (χ2n) is 5.19. The number of hydrazine groups is 1. The molecule has 1 fully saturated rings. The average Bonchev–Trinajstić information content (AvgIpc) is 2.31. The average molecular weight is 265 g/mol. The molecule has 0 aromatic heterocycles. The fourth-order valence-corrected chi connectivity index (χ4v) is 3.95. The lowest BCUT2D eigenvalue weighted by molar-refractivity contribution is 0.216. The summed E-state index contributed by atoms with van der Waals surface area (Å²) in [5.41, 5.74) is 6.92. The Bertz CT molecular complexity index is 388. The summed E-state index contributed by atoms with van der Waals surface area (Å²) in [5, 5.41) is 0. The Labute approximate surface area is 114 Å². The zero-order valence-electron chi connectivity index (χ0n) is 11.4. The van der Waals surface area contributed by atoms with E-state index in [1.807, 2.05) is 11.8 Å².